The molecular weight excluding hydrogens is 404 g/mol. The zero-order valence-electron chi connectivity index (χ0n) is 15.2. The monoisotopic (exact) mass is 424 g/mol. The molecule has 5 nitrogen and oxygen atoms in total. The minimum atomic E-state index is -3.84. The third-order valence-corrected chi connectivity index (χ3v) is 7.11. The van der Waals surface area contributed by atoms with Crippen molar-refractivity contribution in [3.63, 3.8) is 0 Å². The van der Waals surface area contributed by atoms with Gasteiger partial charge in [0.1, 0.15) is 0 Å². The maximum Gasteiger partial charge on any atom is 0.261 e. The number of aryl methyl sites for hydroxylation is 1. The van der Waals surface area contributed by atoms with E-state index in [1.54, 1.807) is 29.2 Å². The van der Waals surface area contributed by atoms with Crippen LogP contribution in [0.4, 0.5) is 5.69 Å². The normalized spacial score (nSPS) is 14.4. The van der Waals surface area contributed by atoms with Crippen molar-refractivity contribution in [2.45, 2.75) is 29.6 Å². The maximum atomic E-state index is 12.8. The Morgan fingerprint density at radius 2 is 1.85 bits per heavy atom. The van der Waals surface area contributed by atoms with E-state index >= 15 is 0 Å². The predicted molar refractivity (Wildman–Crippen MR) is 110 cm³/mol. The summed E-state index contributed by atoms with van der Waals surface area (Å²) in [7, 11) is -3.84. The van der Waals surface area contributed by atoms with E-state index < -0.39 is 10.0 Å². The fourth-order valence-corrected chi connectivity index (χ4v) is 4.81. The maximum absolute atomic E-state index is 12.8. The van der Waals surface area contributed by atoms with Crippen molar-refractivity contribution in [1.82, 2.24) is 4.90 Å². The van der Waals surface area contributed by atoms with Crippen LogP contribution in [0.5, 0.6) is 0 Å². The van der Waals surface area contributed by atoms with Crippen molar-refractivity contribution in [1.29, 1.82) is 0 Å². The number of hydrogen-bond acceptors (Lipinski definition) is 4. The number of carbonyl (C=O) groups is 1. The first-order valence-electron chi connectivity index (χ1n) is 8.58. The summed E-state index contributed by atoms with van der Waals surface area (Å²) in [6.07, 6.45) is 3.83. The third kappa shape index (κ3) is 4.42. The lowest BCUT2D eigenvalue weighted by molar-refractivity contribution is 0.0789. The fraction of sp³-hybridized carbons (Fsp3) is 0.316. The first-order chi connectivity index (χ1) is 12.8. The highest BCUT2D eigenvalue weighted by atomic mass is 35.5. The van der Waals surface area contributed by atoms with Crippen molar-refractivity contribution in [2.75, 3.05) is 24.1 Å². The molecular formula is C19H21ClN2O3S2. The predicted octanol–water partition coefficient (Wildman–Crippen LogP) is 4.41. The zero-order chi connectivity index (χ0) is 19.6. The Balaban J connectivity index is 1.94. The van der Waals surface area contributed by atoms with E-state index in [2.05, 4.69) is 4.72 Å². The summed E-state index contributed by atoms with van der Waals surface area (Å²) in [5.41, 5.74) is 1.67. The van der Waals surface area contributed by atoms with E-state index in [1.807, 2.05) is 13.2 Å². The Hall–Kier alpha value is -1.70. The van der Waals surface area contributed by atoms with Gasteiger partial charge in [0.25, 0.3) is 15.9 Å². The molecule has 0 spiro atoms. The molecule has 0 saturated carbocycles. The summed E-state index contributed by atoms with van der Waals surface area (Å²) >= 11 is 7.51. The van der Waals surface area contributed by atoms with E-state index in [4.69, 9.17) is 11.6 Å². The Morgan fingerprint density at radius 3 is 2.48 bits per heavy atom. The van der Waals surface area contributed by atoms with Gasteiger partial charge in [0.15, 0.2) is 0 Å². The number of rotatable bonds is 5. The Labute approximate surface area is 169 Å². The first-order valence-corrected chi connectivity index (χ1v) is 11.7. The number of carbonyl (C=O) groups excluding carboxylic acids is 1. The summed E-state index contributed by atoms with van der Waals surface area (Å²) in [5.74, 6) is -0.118. The molecule has 0 unspecified atom stereocenters. The van der Waals surface area contributed by atoms with Crippen LogP contribution in [-0.2, 0) is 10.0 Å². The molecule has 0 aromatic heterocycles. The quantitative estimate of drug-likeness (QED) is 0.722. The number of likely N-dealkylation sites (tertiary alicyclic amines) is 1. The number of halogens is 1. The molecule has 1 heterocycles. The topological polar surface area (TPSA) is 66.5 Å². The molecule has 27 heavy (non-hydrogen) atoms. The van der Waals surface area contributed by atoms with E-state index in [1.165, 1.54) is 23.9 Å². The number of amides is 1. The van der Waals surface area contributed by atoms with Gasteiger partial charge in [-0.25, -0.2) is 8.42 Å². The highest BCUT2D eigenvalue weighted by Gasteiger charge is 2.24. The van der Waals surface area contributed by atoms with Crippen molar-refractivity contribution in [3.05, 3.63) is 52.5 Å². The van der Waals surface area contributed by atoms with Crippen LogP contribution in [0.15, 0.2) is 46.2 Å². The summed E-state index contributed by atoms with van der Waals surface area (Å²) in [4.78, 5) is 15.4. The number of hydrogen-bond donors (Lipinski definition) is 1. The second-order valence-corrected chi connectivity index (χ2v) is 9.37. The second kappa shape index (κ2) is 8.12. The van der Waals surface area contributed by atoms with Crippen LogP contribution in [-0.4, -0.2) is 38.6 Å². The van der Waals surface area contributed by atoms with Crippen LogP contribution in [0.3, 0.4) is 0 Å². The van der Waals surface area contributed by atoms with Crippen molar-refractivity contribution < 1.29 is 13.2 Å². The minimum absolute atomic E-state index is 0.0551. The summed E-state index contributed by atoms with van der Waals surface area (Å²) in [6.45, 7) is 3.27. The van der Waals surface area contributed by atoms with Crippen LogP contribution in [0, 0.1) is 6.92 Å². The molecule has 3 rings (SSSR count). The number of thioether (sulfide) groups is 1. The van der Waals surface area contributed by atoms with Gasteiger partial charge in [-0.1, -0.05) is 17.7 Å². The Morgan fingerprint density at radius 1 is 1.15 bits per heavy atom. The van der Waals surface area contributed by atoms with Gasteiger partial charge in [-0.05, 0) is 61.9 Å². The molecule has 0 radical (unpaired) electrons. The number of sulfonamides is 1. The van der Waals surface area contributed by atoms with Gasteiger partial charge in [-0.3, -0.25) is 9.52 Å². The zero-order valence-corrected chi connectivity index (χ0v) is 17.5. The molecule has 1 saturated heterocycles. The van der Waals surface area contributed by atoms with Gasteiger partial charge in [-0.15, -0.1) is 11.8 Å². The Kier molecular flexibility index (Phi) is 6.03. The van der Waals surface area contributed by atoms with Gasteiger partial charge < -0.3 is 4.90 Å². The van der Waals surface area contributed by atoms with Crippen molar-refractivity contribution in [2.24, 2.45) is 0 Å². The fourth-order valence-electron chi connectivity index (χ4n) is 2.98. The molecule has 1 amide bonds. The summed E-state index contributed by atoms with van der Waals surface area (Å²) in [6, 6.07) is 9.64. The van der Waals surface area contributed by atoms with Gasteiger partial charge >= 0.3 is 0 Å². The number of anilines is 1. The first kappa shape index (κ1) is 20.0. The smallest absolute Gasteiger partial charge is 0.261 e. The van der Waals surface area contributed by atoms with E-state index in [-0.39, 0.29) is 10.8 Å². The number of nitrogens with zero attached hydrogens (tertiary/aromatic N) is 1. The summed E-state index contributed by atoms with van der Waals surface area (Å²) in [5, 5.41) is 0.484. The van der Waals surface area contributed by atoms with Crippen LogP contribution >= 0.6 is 23.4 Å². The molecule has 0 aliphatic carbocycles. The Bertz CT molecular complexity index is 971. The van der Waals surface area contributed by atoms with E-state index in [9.17, 15) is 13.2 Å². The lowest BCUT2D eigenvalue weighted by atomic mass is 10.2. The molecule has 2 aromatic rings. The number of nitrogens with one attached hydrogen (secondary N) is 1. The van der Waals surface area contributed by atoms with Gasteiger partial charge in [0, 0.05) is 23.0 Å². The van der Waals surface area contributed by atoms with Crippen LogP contribution in [0.25, 0.3) is 0 Å². The lowest BCUT2D eigenvalue weighted by Crippen LogP contribution is -2.28. The molecule has 144 valence electrons. The third-order valence-electron chi connectivity index (χ3n) is 4.53. The molecule has 1 aliphatic rings. The van der Waals surface area contributed by atoms with Gasteiger partial charge in [-0.2, -0.15) is 0 Å². The number of benzene rings is 2. The van der Waals surface area contributed by atoms with Gasteiger partial charge in [0.05, 0.1) is 16.1 Å². The molecule has 1 N–H and O–H groups in total. The lowest BCUT2D eigenvalue weighted by Gasteiger charge is -2.18. The highest BCUT2D eigenvalue weighted by Crippen LogP contribution is 2.28. The molecule has 1 aliphatic heterocycles. The molecule has 8 heteroatoms. The van der Waals surface area contributed by atoms with E-state index in [0.717, 1.165) is 23.3 Å². The molecule has 1 fully saturated rings. The summed E-state index contributed by atoms with van der Waals surface area (Å²) < 4.78 is 28.1. The second-order valence-electron chi connectivity index (χ2n) is 6.43. The highest BCUT2D eigenvalue weighted by molar-refractivity contribution is 7.98. The SMILES string of the molecule is CSc1ccc(S(=O)(=O)Nc2ccc(C)c(Cl)c2)cc1C(=O)N1CCCC1. The largest absolute Gasteiger partial charge is 0.339 e. The van der Waals surface area contributed by atoms with E-state index in [0.29, 0.717) is 29.4 Å². The standard InChI is InChI=1S/C19H21ClN2O3S2/c1-13-5-6-14(11-17(13)20)21-27(24,25)15-7-8-18(26-2)16(12-15)19(23)22-9-3-4-10-22/h5-8,11-12,21H,3-4,9-10H2,1-2H3. The molecule has 2 aromatic carbocycles. The average molecular weight is 425 g/mol. The van der Waals surface area contributed by atoms with Crippen LogP contribution in [0.1, 0.15) is 28.8 Å². The van der Waals surface area contributed by atoms with Crippen LogP contribution in [0.2, 0.25) is 5.02 Å². The van der Waals surface area contributed by atoms with Gasteiger partial charge in [0.2, 0.25) is 0 Å². The van der Waals surface area contributed by atoms with Crippen molar-refractivity contribution >= 4 is 45.0 Å². The van der Waals surface area contributed by atoms with Crippen LogP contribution < -0.4 is 4.72 Å². The average Bonchev–Trinajstić information content (AvgIpc) is 3.18. The molecule has 0 bridgehead atoms. The van der Waals surface area contributed by atoms with Crippen molar-refractivity contribution in [3.8, 4) is 0 Å². The minimum Gasteiger partial charge on any atom is -0.339 e. The molecule has 0 atom stereocenters.